The predicted octanol–water partition coefficient (Wildman–Crippen LogP) is -0.156. The summed E-state index contributed by atoms with van der Waals surface area (Å²) >= 11 is 0. The summed E-state index contributed by atoms with van der Waals surface area (Å²) < 4.78 is 4.87. The van der Waals surface area contributed by atoms with Crippen LogP contribution in [0.5, 0.6) is 0 Å². The van der Waals surface area contributed by atoms with E-state index in [1.807, 2.05) is 0 Å². The highest BCUT2D eigenvalue weighted by Crippen LogP contribution is 2.13. The number of hydrogen-bond acceptors (Lipinski definition) is 7. The summed E-state index contributed by atoms with van der Waals surface area (Å²) in [5.41, 5.74) is 1.53. The Morgan fingerprint density at radius 2 is 1.96 bits per heavy atom. The van der Waals surface area contributed by atoms with E-state index in [0.29, 0.717) is 0 Å². The molecule has 0 aliphatic rings. The number of aliphatic hydroxyl groups excluding tert-OH is 1. The van der Waals surface area contributed by atoms with Crippen LogP contribution >= 0.6 is 0 Å². The van der Waals surface area contributed by atoms with Crippen LogP contribution in [0.3, 0.4) is 0 Å². The number of carbonyl (C=O) groups is 2. The van der Waals surface area contributed by atoms with Crippen molar-refractivity contribution in [2.75, 3.05) is 20.3 Å². The molecule has 0 fully saturated rings. The number of nitro benzene ring substituents is 1. The Morgan fingerprint density at radius 3 is 2.42 bits per heavy atom. The minimum Gasteiger partial charge on any atom is -0.394 e. The first-order valence-corrected chi connectivity index (χ1v) is 7.02. The lowest BCUT2D eigenvalue weighted by molar-refractivity contribution is -0.384. The van der Waals surface area contributed by atoms with Gasteiger partial charge in [0.1, 0.15) is 0 Å². The summed E-state index contributed by atoms with van der Waals surface area (Å²) in [6.45, 7) is -0.437. The van der Waals surface area contributed by atoms with Gasteiger partial charge in [-0.25, -0.2) is 5.48 Å². The van der Waals surface area contributed by atoms with Gasteiger partial charge in [0.15, 0.2) is 0 Å². The lowest BCUT2D eigenvalue weighted by Crippen LogP contribution is -2.42. The first kappa shape index (κ1) is 19.5. The predicted molar refractivity (Wildman–Crippen MR) is 81.3 cm³/mol. The molecular weight excluding hydrogens is 322 g/mol. The number of non-ortho nitro benzene ring substituents is 1. The summed E-state index contributed by atoms with van der Waals surface area (Å²) in [6, 6.07) is 4.19. The van der Waals surface area contributed by atoms with E-state index in [1.54, 1.807) is 0 Å². The van der Waals surface area contributed by atoms with Gasteiger partial charge in [-0.05, 0) is 18.6 Å². The third kappa shape index (κ3) is 5.57. The maximum absolute atomic E-state index is 12.1. The van der Waals surface area contributed by atoms with Crippen molar-refractivity contribution in [2.24, 2.45) is 5.92 Å². The molecule has 2 atom stereocenters. The summed E-state index contributed by atoms with van der Waals surface area (Å²) in [4.78, 5) is 33.6. The zero-order chi connectivity index (χ0) is 18.1. The molecule has 0 aliphatic heterocycles. The second kappa shape index (κ2) is 9.55. The Hall–Kier alpha value is -2.56. The Morgan fingerprint density at radius 1 is 1.33 bits per heavy atom. The fourth-order valence-electron chi connectivity index (χ4n) is 2.07. The number of aliphatic hydroxyl groups is 1. The molecule has 0 spiro atoms. The Kier molecular flexibility index (Phi) is 7.75. The van der Waals surface area contributed by atoms with Gasteiger partial charge in [-0.2, -0.15) is 0 Å². The standard InChI is InChI=1S/C14H19N3O7/c1-24-8-10(14(20)16-21)6-11(7-18)15-13(19)9-2-4-12(5-3-9)17(22)23/h2-5,10-11,18,21H,6-8H2,1H3,(H,15,19)(H,16,20)/t10-,11+/m1/s1. The van der Waals surface area contributed by atoms with E-state index in [2.05, 4.69) is 5.32 Å². The molecule has 132 valence electrons. The van der Waals surface area contributed by atoms with Crippen LogP contribution < -0.4 is 10.8 Å². The minimum atomic E-state index is -0.769. The molecule has 1 aromatic carbocycles. The Bertz CT molecular complexity index is 576. The molecule has 1 rings (SSSR count). The molecule has 0 bridgehead atoms. The molecule has 24 heavy (non-hydrogen) atoms. The van der Waals surface area contributed by atoms with Crippen LogP contribution in [0.25, 0.3) is 0 Å². The molecular formula is C14H19N3O7. The van der Waals surface area contributed by atoms with Gasteiger partial charge < -0.3 is 15.2 Å². The molecule has 0 aliphatic carbocycles. The Balaban J connectivity index is 2.73. The minimum absolute atomic E-state index is 0.00368. The van der Waals surface area contributed by atoms with Crippen LogP contribution in [0.1, 0.15) is 16.8 Å². The molecule has 1 aromatic rings. The fourth-order valence-corrected chi connectivity index (χ4v) is 2.07. The van der Waals surface area contributed by atoms with E-state index >= 15 is 0 Å². The number of hydrogen-bond donors (Lipinski definition) is 4. The number of amides is 2. The van der Waals surface area contributed by atoms with E-state index in [-0.39, 0.29) is 24.3 Å². The summed E-state index contributed by atoms with van der Waals surface area (Å²) in [7, 11) is 1.38. The molecule has 0 heterocycles. The average molecular weight is 341 g/mol. The number of rotatable bonds is 9. The van der Waals surface area contributed by atoms with Crippen molar-refractivity contribution in [1.29, 1.82) is 0 Å². The molecule has 0 saturated carbocycles. The largest absolute Gasteiger partial charge is 0.394 e. The van der Waals surface area contributed by atoms with E-state index < -0.39 is 35.3 Å². The zero-order valence-corrected chi connectivity index (χ0v) is 13.0. The van der Waals surface area contributed by atoms with Gasteiger partial charge in [0.2, 0.25) is 5.91 Å². The second-order valence-electron chi connectivity index (χ2n) is 5.02. The fraction of sp³-hybridized carbons (Fsp3) is 0.429. The van der Waals surface area contributed by atoms with Crippen LogP contribution in [-0.4, -0.2) is 53.4 Å². The third-order valence-electron chi connectivity index (χ3n) is 3.31. The maximum atomic E-state index is 12.1. The molecule has 10 nitrogen and oxygen atoms in total. The molecule has 0 unspecified atom stereocenters. The highest BCUT2D eigenvalue weighted by atomic mass is 16.6. The summed E-state index contributed by atoms with van der Waals surface area (Å²) in [5, 5.41) is 31.2. The highest BCUT2D eigenvalue weighted by Gasteiger charge is 2.24. The van der Waals surface area contributed by atoms with Crippen molar-refractivity contribution >= 4 is 17.5 Å². The SMILES string of the molecule is COC[C@@H](C[C@@H](CO)NC(=O)c1ccc([N+](=O)[O-])cc1)C(=O)NO. The smallest absolute Gasteiger partial charge is 0.269 e. The first-order chi connectivity index (χ1) is 11.4. The number of carbonyl (C=O) groups excluding carboxylic acids is 2. The third-order valence-corrected chi connectivity index (χ3v) is 3.31. The van der Waals surface area contributed by atoms with Crippen molar-refractivity contribution < 1.29 is 29.6 Å². The van der Waals surface area contributed by atoms with Crippen molar-refractivity contribution in [3.05, 3.63) is 39.9 Å². The van der Waals surface area contributed by atoms with Crippen molar-refractivity contribution in [3.8, 4) is 0 Å². The van der Waals surface area contributed by atoms with Crippen molar-refractivity contribution in [3.63, 3.8) is 0 Å². The van der Waals surface area contributed by atoms with Gasteiger partial charge in [-0.1, -0.05) is 0 Å². The quantitative estimate of drug-likeness (QED) is 0.277. The van der Waals surface area contributed by atoms with Crippen LogP contribution in [-0.2, 0) is 9.53 Å². The van der Waals surface area contributed by atoms with Crippen LogP contribution in [0.15, 0.2) is 24.3 Å². The molecule has 4 N–H and O–H groups in total. The highest BCUT2D eigenvalue weighted by molar-refractivity contribution is 5.94. The molecule has 0 radical (unpaired) electrons. The number of ether oxygens (including phenoxy) is 1. The van der Waals surface area contributed by atoms with Crippen LogP contribution in [0.4, 0.5) is 5.69 Å². The number of nitrogens with zero attached hydrogens (tertiary/aromatic N) is 1. The normalized spacial score (nSPS) is 13.0. The van der Waals surface area contributed by atoms with E-state index in [9.17, 15) is 24.8 Å². The number of nitrogens with one attached hydrogen (secondary N) is 2. The van der Waals surface area contributed by atoms with E-state index in [1.165, 1.54) is 36.9 Å². The van der Waals surface area contributed by atoms with Gasteiger partial charge in [0.25, 0.3) is 11.6 Å². The molecule has 10 heteroatoms. The van der Waals surface area contributed by atoms with E-state index in [4.69, 9.17) is 9.94 Å². The van der Waals surface area contributed by atoms with Crippen molar-refractivity contribution in [2.45, 2.75) is 12.5 Å². The van der Waals surface area contributed by atoms with Crippen LogP contribution in [0, 0.1) is 16.0 Å². The second-order valence-corrected chi connectivity index (χ2v) is 5.02. The van der Waals surface area contributed by atoms with Gasteiger partial charge >= 0.3 is 0 Å². The maximum Gasteiger partial charge on any atom is 0.269 e. The number of nitro groups is 1. The monoisotopic (exact) mass is 341 g/mol. The lowest BCUT2D eigenvalue weighted by atomic mass is 10.00. The number of hydroxylamine groups is 1. The zero-order valence-electron chi connectivity index (χ0n) is 13.0. The van der Waals surface area contributed by atoms with Crippen molar-refractivity contribution in [1.82, 2.24) is 10.8 Å². The van der Waals surface area contributed by atoms with Crippen LogP contribution in [0.2, 0.25) is 0 Å². The molecule has 0 aromatic heterocycles. The van der Waals surface area contributed by atoms with Gasteiger partial charge in [0, 0.05) is 24.8 Å². The van der Waals surface area contributed by atoms with Gasteiger partial charge in [-0.3, -0.25) is 24.9 Å². The van der Waals surface area contributed by atoms with Gasteiger partial charge in [0.05, 0.1) is 30.1 Å². The molecule has 0 saturated heterocycles. The average Bonchev–Trinajstić information content (AvgIpc) is 2.59. The topological polar surface area (TPSA) is 151 Å². The summed E-state index contributed by atoms with van der Waals surface area (Å²) in [6.07, 6.45) is 0.0372. The molecule has 2 amide bonds. The van der Waals surface area contributed by atoms with Gasteiger partial charge in [-0.15, -0.1) is 0 Å². The van der Waals surface area contributed by atoms with E-state index in [0.717, 1.165) is 0 Å². The number of benzene rings is 1. The first-order valence-electron chi connectivity index (χ1n) is 7.02. The Labute approximate surface area is 137 Å². The number of methoxy groups -OCH3 is 1. The lowest BCUT2D eigenvalue weighted by Gasteiger charge is -2.21. The summed E-state index contributed by atoms with van der Waals surface area (Å²) in [5.74, 6) is -2.02.